The number of amides is 1. The Morgan fingerprint density at radius 1 is 1.04 bits per heavy atom. The fourth-order valence-corrected chi connectivity index (χ4v) is 2.32. The number of carbonyl (C=O) groups is 1. The van der Waals surface area contributed by atoms with Crippen molar-refractivity contribution in [2.45, 2.75) is 19.9 Å². The van der Waals surface area contributed by atoms with Gasteiger partial charge in [0.2, 0.25) is 0 Å². The van der Waals surface area contributed by atoms with E-state index in [1.54, 1.807) is 14.2 Å². The van der Waals surface area contributed by atoms with Crippen molar-refractivity contribution in [3.05, 3.63) is 53.6 Å². The van der Waals surface area contributed by atoms with Gasteiger partial charge in [0.1, 0.15) is 17.2 Å². The fraction of sp³-hybridized carbons (Fsp3) is 0.316. The maximum atomic E-state index is 12.1. The van der Waals surface area contributed by atoms with Crippen LogP contribution in [-0.4, -0.2) is 26.7 Å². The summed E-state index contributed by atoms with van der Waals surface area (Å²) in [6.45, 7) is 3.85. The van der Waals surface area contributed by atoms with Crippen LogP contribution < -0.4 is 19.5 Å². The first-order valence-corrected chi connectivity index (χ1v) is 7.74. The van der Waals surface area contributed by atoms with Crippen LogP contribution >= 0.6 is 0 Å². The second-order valence-electron chi connectivity index (χ2n) is 5.50. The summed E-state index contributed by atoms with van der Waals surface area (Å²) in [7, 11) is 3.20. The van der Waals surface area contributed by atoms with Crippen LogP contribution in [0, 0.1) is 6.92 Å². The quantitative estimate of drug-likeness (QED) is 0.847. The zero-order valence-corrected chi connectivity index (χ0v) is 14.5. The van der Waals surface area contributed by atoms with Crippen molar-refractivity contribution in [3.8, 4) is 17.2 Å². The molecule has 0 aliphatic heterocycles. The number of rotatable bonds is 7. The van der Waals surface area contributed by atoms with E-state index in [4.69, 9.17) is 14.2 Å². The van der Waals surface area contributed by atoms with Crippen molar-refractivity contribution in [1.29, 1.82) is 0 Å². The van der Waals surface area contributed by atoms with Gasteiger partial charge in [0.25, 0.3) is 5.91 Å². The van der Waals surface area contributed by atoms with E-state index in [0.717, 1.165) is 11.1 Å². The molecule has 128 valence electrons. The molecule has 0 saturated carbocycles. The fourth-order valence-electron chi connectivity index (χ4n) is 2.32. The number of benzene rings is 2. The average molecular weight is 329 g/mol. The zero-order valence-electron chi connectivity index (χ0n) is 14.5. The predicted octanol–water partition coefficient (Wildman–Crippen LogP) is 3.27. The van der Waals surface area contributed by atoms with E-state index < -0.39 is 0 Å². The Balaban J connectivity index is 1.97. The smallest absolute Gasteiger partial charge is 0.258 e. The first-order valence-electron chi connectivity index (χ1n) is 7.74. The van der Waals surface area contributed by atoms with E-state index in [-0.39, 0.29) is 18.6 Å². The van der Waals surface area contributed by atoms with Crippen LogP contribution in [-0.2, 0) is 4.79 Å². The molecule has 0 unspecified atom stereocenters. The Labute approximate surface area is 142 Å². The number of nitrogens with one attached hydrogen (secondary N) is 1. The van der Waals surface area contributed by atoms with Crippen LogP contribution in [0.4, 0.5) is 0 Å². The largest absolute Gasteiger partial charge is 0.497 e. The summed E-state index contributed by atoms with van der Waals surface area (Å²) in [4.78, 5) is 12.1. The molecule has 2 rings (SSSR count). The minimum absolute atomic E-state index is 0.0420. The highest BCUT2D eigenvalue weighted by atomic mass is 16.5. The highest BCUT2D eigenvalue weighted by Crippen LogP contribution is 2.29. The summed E-state index contributed by atoms with van der Waals surface area (Å²) in [5.74, 6) is 1.88. The number of methoxy groups -OCH3 is 2. The predicted molar refractivity (Wildman–Crippen MR) is 92.8 cm³/mol. The molecule has 0 radical (unpaired) electrons. The number of aryl methyl sites for hydroxylation is 1. The van der Waals surface area contributed by atoms with Gasteiger partial charge in [0, 0.05) is 5.56 Å². The lowest BCUT2D eigenvalue weighted by atomic mass is 10.1. The lowest BCUT2D eigenvalue weighted by Crippen LogP contribution is -2.31. The molecule has 2 aromatic rings. The normalized spacial score (nSPS) is 11.5. The summed E-state index contributed by atoms with van der Waals surface area (Å²) in [5.41, 5.74) is 1.99. The molecule has 1 N–H and O–H groups in total. The Morgan fingerprint density at radius 3 is 2.33 bits per heavy atom. The van der Waals surface area contributed by atoms with Gasteiger partial charge in [0.15, 0.2) is 6.61 Å². The summed E-state index contributed by atoms with van der Waals surface area (Å²) in [6, 6.07) is 12.8. The standard InChI is InChI=1S/C19H23NO4/c1-13-5-7-15(8-6-13)24-12-19(21)20-14(2)17-11-16(22-3)9-10-18(17)23-4/h5-11,14H,12H2,1-4H3,(H,20,21)/t14-/m0/s1. The molecule has 0 aliphatic rings. The summed E-state index contributed by atoms with van der Waals surface area (Å²) >= 11 is 0. The third-order valence-corrected chi connectivity index (χ3v) is 3.67. The molecule has 0 spiro atoms. The van der Waals surface area contributed by atoms with Gasteiger partial charge in [-0.2, -0.15) is 0 Å². The summed E-state index contributed by atoms with van der Waals surface area (Å²) in [5, 5.41) is 2.90. The van der Waals surface area contributed by atoms with Gasteiger partial charge >= 0.3 is 0 Å². The van der Waals surface area contributed by atoms with Crippen LogP contribution in [0.15, 0.2) is 42.5 Å². The number of carbonyl (C=O) groups excluding carboxylic acids is 1. The Hall–Kier alpha value is -2.69. The molecule has 1 amide bonds. The highest BCUT2D eigenvalue weighted by Gasteiger charge is 2.15. The molecule has 5 nitrogen and oxygen atoms in total. The molecular formula is C19H23NO4. The SMILES string of the molecule is COc1ccc(OC)c([C@H](C)NC(=O)COc2ccc(C)cc2)c1. The van der Waals surface area contributed by atoms with E-state index in [1.165, 1.54) is 0 Å². The first-order chi connectivity index (χ1) is 11.5. The molecule has 2 aromatic carbocycles. The molecule has 0 bridgehead atoms. The van der Waals surface area contributed by atoms with Crippen molar-refractivity contribution >= 4 is 5.91 Å². The number of ether oxygens (including phenoxy) is 3. The van der Waals surface area contributed by atoms with E-state index in [2.05, 4.69) is 5.32 Å². The van der Waals surface area contributed by atoms with E-state index in [1.807, 2.05) is 56.3 Å². The highest BCUT2D eigenvalue weighted by molar-refractivity contribution is 5.78. The van der Waals surface area contributed by atoms with E-state index in [9.17, 15) is 4.79 Å². The monoisotopic (exact) mass is 329 g/mol. The Morgan fingerprint density at radius 2 is 1.71 bits per heavy atom. The lowest BCUT2D eigenvalue weighted by molar-refractivity contribution is -0.123. The first kappa shape index (κ1) is 17.7. The maximum absolute atomic E-state index is 12.1. The van der Waals surface area contributed by atoms with Crippen LogP contribution in [0.3, 0.4) is 0 Å². The van der Waals surface area contributed by atoms with Gasteiger partial charge in [-0.05, 0) is 44.2 Å². The van der Waals surface area contributed by atoms with Crippen molar-refractivity contribution in [3.63, 3.8) is 0 Å². The van der Waals surface area contributed by atoms with Crippen LogP contribution in [0.5, 0.6) is 17.2 Å². The van der Waals surface area contributed by atoms with Gasteiger partial charge in [-0.25, -0.2) is 0 Å². The molecule has 0 heterocycles. The third-order valence-electron chi connectivity index (χ3n) is 3.67. The molecule has 0 aromatic heterocycles. The summed E-state index contributed by atoms with van der Waals surface area (Å²) < 4.78 is 16.1. The summed E-state index contributed by atoms with van der Waals surface area (Å²) in [6.07, 6.45) is 0. The molecule has 1 atom stereocenters. The second kappa shape index (κ2) is 8.24. The van der Waals surface area contributed by atoms with Crippen LogP contribution in [0.2, 0.25) is 0 Å². The minimum Gasteiger partial charge on any atom is -0.497 e. The number of hydrogen-bond donors (Lipinski definition) is 1. The van der Waals surface area contributed by atoms with Crippen molar-refractivity contribution in [2.24, 2.45) is 0 Å². The van der Waals surface area contributed by atoms with Crippen molar-refractivity contribution in [1.82, 2.24) is 5.32 Å². The molecule has 0 saturated heterocycles. The van der Waals surface area contributed by atoms with Gasteiger partial charge in [-0.3, -0.25) is 4.79 Å². The Kier molecular flexibility index (Phi) is 6.07. The maximum Gasteiger partial charge on any atom is 0.258 e. The van der Waals surface area contributed by atoms with Gasteiger partial charge < -0.3 is 19.5 Å². The average Bonchev–Trinajstić information content (AvgIpc) is 2.60. The van der Waals surface area contributed by atoms with Crippen molar-refractivity contribution < 1.29 is 19.0 Å². The Bertz CT molecular complexity index is 682. The second-order valence-corrected chi connectivity index (χ2v) is 5.50. The molecule has 24 heavy (non-hydrogen) atoms. The molecule has 5 heteroatoms. The minimum atomic E-state index is -0.232. The lowest BCUT2D eigenvalue weighted by Gasteiger charge is -2.18. The van der Waals surface area contributed by atoms with Crippen LogP contribution in [0.25, 0.3) is 0 Å². The van der Waals surface area contributed by atoms with E-state index >= 15 is 0 Å². The number of hydrogen-bond acceptors (Lipinski definition) is 4. The van der Waals surface area contributed by atoms with Crippen LogP contribution in [0.1, 0.15) is 24.1 Å². The molecule has 0 fully saturated rings. The van der Waals surface area contributed by atoms with E-state index in [0.29, 0.717) is 17.2 Å². The molecule has 0 aliphatic carbocycles. The molecular weight excluding hydrogens is 306 g/mol. The topological polar surface area (TPSA) is 56.8 Å². The third kappa shape index (κ3) is 4.65. The van der Waals surface area contributed by atoms with Crippen molar-refractivity contribution in [2.75, 3.05) is 20.8 Å². The van der Waals surface area contributed by atoms with Gasteiger partial charge in [-0.15, -0.1) is 0 Å². The van der Waals surface area contributed by atoms with Gasteiger partial charge in [-0.1, -0.05) is 17.7 Å². The van der Waals surface area contributed by atoms with Gasteiger partial charge in [0.05, 0.1) is 20.3 Å². The zero-order chi connectivity index (χ0) is 17.5.